The molecule has 0 spiro atoms. The monoisotopic (exact) mass is 265 g/mol. The highest BCUT2D eigenvalue weighted by Gasteiger charge is 2.22. The largest absolute Gasteiger partial charge is 0.508 e. The lowest BCUT2D eigenvalue weighted by Gasteiger charge is -2.28. The van der Waals surface area contributed by atoms with Crippen molar-refractivity contribution < 1.29 is 9.90 Å². The number of phenolic OH excluding ortho intramolecular Hbond substituents is 1. The van der Waals surface area contributed by atoms with Crippen molar-refractivity contribution in [2.24, 2.45) is 0 Å². The summed E-state index contributed by atoms with van der Waals surface area (Å²) in [5.41, 5.74) is 0.529. The summed E-state index contributed by atoms with van der Waals surface area (Å²) in [5.74, 6) is 0.0472. The Balaban J connectivity index is 1.95. The number of phenols is 1. The van der Waals surface area contributed by atoms with Crippen LogP contribution in [0.15, 0.2) is 24.3 Å². The first-order valence-corrected chi connectivity index (χ1v) is 7.60. The summed E-state index contributed by atoms with van der Waals surface area (Å²) in [4.78, 5) is 12.0. The van der Waals surface area contributed by atoms with Crippen LogP contribution in [0.3, 0.4) is 0 Å². The van der Waals surface area contributed by atoms with Crippen LogP contribution in [-0.2, 0) is 0 Å². The standard InChI is InChI=1S/C14H19NO2S/c1-18-13-7-3-5-11(9-13)15-14(17)10-4-2-6-12(16)8-10/h2,4,6,8,11,13,16H,3,5,7,9H2,1H3,(H,15,17). The molecule has 18 heavy (non-hydrogen) atoms. The first-order valence-electron chi connectivity index (χ1n) is 6.31. The van der Waals surface area contributed by atoms with E-state index in [1.165, 1.54) is 18.9 Å². The SMILES string of the molecule is CSC1CCCC(NC(=O)c2cccc(O)c2)C1. The lowest BCUT2D eigenvalue weighted by atomic mass is 9.94. The van der Waals surface area contributed by atoms with Crippen molar-refractivity contribution in [3.63, 3.8) is 0 Å². The first kappa shape index (κ1) is 13.3. The molecule has 1 fully saturated rings. The highest BCUT2D eigenvalue weighted by molar-refractivity contribution is 7.99. The van der Waals surface area contributed by atoms with Crippen LogP contribution < -0.4 is 5.32 Å². The number of benzene rings is 1. The van der Waals surface area contributed by atoms with Crippen LogP contribution in [0, 0.1) is 0 Å². The summed E-state index contributed by atoms with van der Waals surface area (Å²) in [5, 5.41) is 13.1. The summed E-state index contributed by atoms with van der Waals surface area (Å²) in [7, 11) is 0. The Kier molecular flexibility index (Phi) is 4.53. The number of nitrogens with one attached hydrogen (secondary N) is 1. The zero-order valence-electron chi connectivity index (χ0n) is 10.6. The molecule has 98 valence electrons. The zero-order valence-corrected chi connectivity index (χ0v) is 11.4. The second kappa shape index (κ2) is 6.14. The predicted molar refractivity (Wildman–Crippen MR) is 75.1 cm³/mol. The van der Waals surface area contributed by atoms with Crippen LogP contribution in [0.1, 0.15) is 36.0 Å². The maximum atomic E-state index is 12.0. The van der Waals surface area contributed by atoms with Crippen LogP contribution >= 0.6 is 11.8 Å². The first-order chi connectivity index (χ1) is 8.69. The molecule has 0 saturated heterocycles. The molecule has 1 saturated carbocycles. The van der Waals surface area contributed by atoms with Gasteiger partial charge in [0.25, 0.3) is 5.91 Å². The highest BCUT2D eigenvalue weighted by Crippen LogP contribution is 2.27. The van der Waals surface area contributed by atoms with Crippen molar-refractivity contribution in [2.45, 2.75) is 37.0 Å². The maximum absolute atomic E-state index is 12.0. The van der Waals surface area contributed by atoms with E-state index in [4.69, 9.17) is 0 Å². The van der Waals surface area contributed by atoms with E-state index < -0.39 is 0 Å². The van der Waals surface area contributed by atoms with Crippen LogP contribution in [0.5, 0.6) is 5.75 Å². The number of hydrogen-bond donors (Lipinski definition) is 2. The van der Waals surface area contributed by atoms with Gasteiger partial charge in [0.05, 0.1) is 0 Å². The van der Waals surface area contributed by atoms with Gasteiger partial charge >= 0.3 is 0 Å². The van der Waals surface area contributed by atoms with Crippen LogP contribution in [0.2, 0.25) is 0 Å². The third-order valence-electron chi connectivity index (χ3n) is 3.40. The Morgan fingerprint density at radius 1 is 1.44 bits per heavy atom. The third kappa shape index (κ3) is 3.42. The molecule has 2 rings (SSSR count). The number of thioether (sulfide) groups is 1. The van der Waals surface area contributed by atoms with Gasteiger partial charge in [-0.15, -0.1) is 0 Å². The van der Waals surface area contributed by atoms with Crippen molar-refractivity contribution >= 4 is 17.7 Å². The van der Waals surface area contributed by atoms with Gasteiger partial charge in [-0.1, -0.05) is 12.5 Å². The van der Waals surface area contributed by atoms with Crippen LogP contribution in [-0.4, -0.2) is 28.6 Å². The third-order valence-corrected chi connectivity index (χ3v) is 4.50. The summed E-state index contributed by atoms with van der Waals surface area (Å²) < 4.78 is 0. The summed E-state index contributed by atoms with van der Waals surface area (Å²) in [6.07, 6.45) is 6.66. The van der Waals surface area contributed by atoms with E-state index in [2.05, 4.69) is 11.6 Å². The molecular weight excluding hydrogens is 246 g/mol. The minimum Gasteiger partial charge on any atom is -0.508 e. The van der Waals surface area contributed by atoms with Gasteiger partial charge in [-0.25, -0.2) is 0 Å². The number of carbonyl (C=O) groups excluding carboxylic acids is 1. The molecule has 2 unspecified atom stereocenters. The van der Waals surface area contributed by atoms with E-state index in [0.717, 1.165) is 12.8 Å². The van der Waals surface area contributed by atoms with Gasteiger partial charge in [-0.05, 0) is 43.7 Å². The number of amides is 1. The number of rotatable bonds is 3. The van der Waals surface area contributed by atoms with Gasteiger partial charge in [0.15, 0.2) is 0 Å². The molecule has 1 aromatic carbocycles. The Labute approximate surface area is 112 Å². The topological polar surface area (TPSA) is 49.3 Å². The molecule has 0 radical (unpaired) electrons. The lowest BCUT2D eigenvalue weighted by Crippen LogP contribution is -2.39. The quantitative estimate of drug-likeness (QED) is 0.883. The zero-order chi connectivity index (χ0) is 13.0. The molecule has 1 aromatic rings. The molecule has 0 heterocycles. The second-order valence-corrected chi connectivity index (χ2v) is 5.88. The van der Waals surface area contributed by atoms with Crippen molar-refractivity contribution in [2.75, 3.05) is 6.26 Å². The molecule has 0 aromatic heterocycles. The van der Waals surface area contributed by atoms with E-state index in [-0.39, 0.29) is 17.7 Å². The van der Waals surface area contributed by atoms with Gasteiger partial charge in [-0.2, -0.15) is 11.8 Å². The average Bonchev–Trinajstić information content (AvgIpc) is 2.39. The summed E-state index contributed by atoms with van der Waals surface area (Å²) >= 11 is 1.88. The molecule has 3 nitrogen and oxygen atoms in total. The average molecular weight is 265 g/mol. The van der Waals surface area contributed by atoms with Crippen molar-refractivity contribution in [1.29, 1.82) is 0 Å². The number of carbonyl (C=O) groups is 1. The Morgan fingerprint density at radius 2 is 2.28 bits per heavy atom. The minimum absolute atomic E-state index is 0.0855. The molecule has 2 atom stereocenters. The van der Waals surface area contributed by atoms with E-state index in [1.807, 2.05) is 11.8 Å². The lowest BCUT2D eigenvalue weighted by molar-refractivity contribution is 0.0928. The van der Waals surface area contributed by atoms with E-state index in [0.29, 0.717) is 10.8 Å². The Hall–Kier alpha value is -1.16. The van der Waals surface area contributed by atoms with E-state index >= 15 is 0 Å². The van der Waals surface area contributed by atoms with Crippen LogP contribution in [0.4, 0.5) is 0 Å². The Bertz CT molecular complexity index is 422. The van der Waals surface area contributed by atoms with Gasteiger partial charge in [0.2, 0.25) is 0 Å². The van der Waals surface area contributed by atoms with E-state index in [1.54, 1.807) is 18.2 Å². The smallest absolute Gasteiger partial charge is 0.251 e. The fourth-order valence-electron chi connectivity index (χ4n) is 2.41. The molecule has 0 aliphatic heterocycles. The molecular formula is C14H19NO2S. The second-order valence-electron chi connectivity index (χ2n) is 4.75. The van der Waals surface area contributed by atoms with E-state index in [9.17, 15) is 9.90 Å². The van der Waals surface area contributed by atoms with Crippen molar-refractivity contribution in [3.8, 4) is 5.75 Å². The molecule has 4 heteroatoms. The maximum Gasteiger partial charge on any atom is 0.251 e. The van der Waals surface area contributed by atoms with Gasteiger partial charge in [0, 0.05) is 16.9 Å². The molecule has 1 amide bonds. The van der Waals surface area contributed by atoms with Gasteiger partial charge in [-0.3, -0.25) is 4.79 Å². The molecule has 1 aliphatic rings. The normalized spacial score (nSPS) is 23.6. The fraction of sp³-hybridized carbons (Fsp3) is 0.500. The minimum atomic E-state index is -0.0855. The number of aromatic hydroxyl groups is 1. The number of hydrogen-bond acceptors (Lipinski definition) is 3. The van der Waals surface area contributed by atoms with Gasteiger partial charge in [0.1, 0.15) is 5.75 Å². The van der Waals surface area contributed by atoms with Crippen molar-refractivity contribution in [1.82, 2.24) is 5.32 Å². The molecule has 0 bridgehead atoms. The predicted octanol–water partition coefficient (Wildman–Crippen LogP) is 2.80. The summed E-state index contributed by atoms with van der Waals surface area (Å²) in [6, 6.07) is 6.76. The highest BCUT2D eigenvalue weighted by atomic mass is 32.2. The van der Waals surface area contributed by atoms with Gasteiger partial charge < -0.3 is 10.4 Å². The van der Waals surface area contributed by atoms with Crippen LogP contribution in [0.25, 0.3) is 0 Å². The molecule has 1 aliphatic carbocycles. The fourth-order valence-corrected chi connectivity index (χ4v) is 3.23. The van der Waals surface area contributed by atoms with Crippen molar-refractivity contribution in [3.05, 3.63) is 29.8 Å². The summed E-state index contributed by atoms with van der Waals surface area (Å²) in [6.45, 7) is 0. The molecule has 2 N–H and O–H groups in total. The Morgan fingerprint density at radius 3 is 3.00 bits per heavy atom.